The number of thiazole rings is 1. The summed E-state index contributed by atoms with van der Waals surface area (Å²) in [6.07, 6.45) is 10.2. The van der Waals surface area contributed by atoms with Crippen molar-refractivity contribution in [2.75, 3.05) is 31.2 Å². The predicted molar refractivity (Wildman–Crippen MR) is 127 cm³/mol. The summed E-state index contributed by atoms with van der Waals surface area (Å²) in [5.41, 5.74) is 2.54. The molecular weight excluding hydrogens is 436 g/mol. The third-order valence-corrected chi connectivity index (χ3v) is 6.41. The Morgan fingerprint density at radius 1 is 1.30 bits per heavy atom. The van der Waals surface area contributed by atoms with Gasteiger partial charge in [-0.25, -0.2) is 9.97 Å². The van der Waals surface area contributed by atoms with Crippen LogP contribution in [-0.2, 0) is 11.3 Å². The number of rotatable bonds is 7. The van der Waals surface area contributed by atoms with Crippen molar-refractivity contribution in [3.05, 3.63) is 56.9 Å². The average Bonchev–Trinajstić information content (AvgIpc) is 3.27. The second-order valence-corrected chi connectivity index (χ2v) is 8.53. The highest BCUT2D eigenvalue weighted by Gasteiger charge is 2.20. The van der Waals surface area contributed by atoms with Gasteiger partial charge in [-0.15, -0.1) is 11.3 Å². The van der Waals surface area contributed by atoms with Gasteiger partial charge >= 0.3 is 6.01 Å². The maximum atomic E-state index is 9.86. The van der Waals surface area contributed by atoms with E-state index >= 15 is 0 Å². The molecule has 3 aromatic rings. The van der Waals surface area contributed by atoms with Gasteiger partial charge in [-0.1, -0.05) is 19.1 Å². The lowest BCUT2D eigenvalue weighted by Crippen LogP contribution is -2.36. The van der Waals surface area contributed by atoms with Crippen molar-refractivity contribution in [1.29, 1.82) is 5.26 Å². The minimum atomic E-state index is -0.579. The molecule has 3 aromatic heterocycles. The van der Waals surface area contributed by atoms with Crippen LogP contribution in [0.4, 0.5) is 5.69 Å². The largest absolute Gasteiger partial charge is 0.459 e. The highest BCUT2D eigenvalue weighted by molar-refractivity contribution is 7.09. The van der Waals surface area contributed by atoms with Gasteiger partial charge in [0, 0.05) is 31.0 Å². The van der Waals surface area contributed by atoms with Gasteiger partial charge in [0.15, 0.2) is 0 Å². The topological polar surface area (TPSA) is 97.0 Å². The maximum absolute atomic E-state index is 9.86. The first-order valence-corrected chi connectivity index (χ1v) is 11.8. The Labute approximate surface area is 196 Å². The number of aromatic nitrogens is 4. The number of nitriles is 1. The van der Waals surface area contributed by atoms with Crippen molar-refractivity contribution in [3.63, 3.8) is 0 Å². The molecule has 0 bridgehead atoms. The molecule has 8 nitrogen and oxygen atoms in total. The Bertz CT molecular complexity index is 1250. The van der Waals surface area contributed by atoms with Gasteiger partial charge in [0.1, 0.15) is 17.5 Å². The molecule has 0 radical (unpaired) electrons. The smallest absolute Gasteiger partial charge is 0.316 e. The average molecular weight is 463 g/mol. The zero-order valence-electron chi connectivity index (χ0n) is 18.8. The van der Waals surface area contributed by atoms with Crippen LogP contribution in [0.25, 0.3) is 12.2 Å². The lowest BCUT2D eigenvalue weighted by Gasteiger charge is -2.28. The van der Waals surface area contributed by atoms with Crippen LogP contribution in [0.5, 0.6) is 6.01 Å². The number of morpholine rings is 1. The molecular formula is C24H26N6O2S. The molecule has 1 aliphatic rings. The van der Waals surface area contributed by atoms with Crippen molar-refractivity contribution in [3.8, 4) is 12.1 Å². The molecule has 0 spiro atoms. The number of pyridine rings is 1. The van der Waals surface area contributed by atoms with Crippen LogP contribution in [0.15, 0.2) is 30.7 Å². The van der Waals surface area contributed by atoms with Crippen LogP contribution < -0.4 is 19.5 Å². The highest BCUT2D eigenvalue weighted by atomic mass is 32.1. The number of nitrogens with zero attached hydrogens (tertiary/aromatic N) is 6. The van der Waals surface area contributed by atoms with E-state index in [1.807, 2.05) is 19.2 Å². The van der Waals surface area contributed by atoms with Gasteiger partial charge in [0.25, 0.3) is 0 Å². The summed E-state index contributed by atoms with van der Waals surface area (Å²) in [6, 6.07) is 6.36. The van der Waals surface area contributed by atoms with Crippen molar-refractivity contribution in [2.24, 2.45) is 0 Å². The quantitative estimate of drug-likeness (QED) is 0.528. The molecule has 0 saturated carbocycles. The first-order chi connectivity index (χ1) is 16.2. The molecule has 1 atom stereocenters. The van der Waals surface area contributed by atoms with Gasteiger partial charge in [-0.05, 0) is 25.5 Å². The van der Waals surface area contributed by atoms with E-state index in [1.165, 1.54) is 11.3 Å². The SMILES string of the molecule is CC=c1sc(C(C#N)c2ccnc(OCc3cncc(N4CCOCC4)c3)n2)nc1=CCC. The Hall–Kier alpha value is -3.35. The third kappa shape index (κ3) is 5.53. The zero-order valence-corrected chi connectivity index (χ0v) is 19.6. The summed E-state index contributed by atoms with van der Waals surface area (Å²) in [5, 5.41) is 11.5. The molecule has 0 N–H and O–H groups in total. The lowest BCUT2D eigenvalue weighted by molar-refractivity contribution is 0.122. The predicted octanol–water partition coefficient (Wildman–Crippen LogP) is 2.39. The minimum absolute atomic E-state index is 0.226. The van der Waals surface area contributed by atoms with E-state index in [1.54, 1.807) is 18.5 Å². The second kappa shape index (κ2) is 11.0. The molecule has 170 valence electrons. The van der Waals surface area contributed by atoms with E-state index in [9.17, 15) is 5.26 Å². The lowest BCUT2D eigenvalue weighted by atomic mass is 10.1. The molecule has 9 heteroatoms. The van der Waals surface area contributed by atoms with Crippen molar-refractivity contribution in [2.45, 2.75) is 32.8 Å². The van der Waals surface area contributed by atoms with Gasteiger partial charge in [0.2, 0.25) is 0 Å². The molecule has 1 fully saturated rings. The Balaban J connectivity index is 1.50. The van der Waals surface area contributed by atoms with Crippen LogP contribution in [0, 0.1) is 11.3 Å². The molecule has 1 unspecified atom stereocenters. The summed E-state index contributed by atoms with van der Waals surface area (Å²) >= 11 is 1.51. The van der Waals surface area contributed by atoms with Crippen molar-refractivity contribution >= 4 is 29.2 Å². The van der Waals surface area contributed by atoms with Gasteiger partial charge in [-0.2, -0.15) is 10.2 Å². The summed E-state index contributed by atoms with van der Waals surface area (Å²) < 4.78 is 12.3. The Morgan fingerprint density at radius 2 is 2.15 bits per heavy atom. The third-order valence-electron chi connectivity index (χ3n) is 5.21. The number of anilines is 1. The second-order valence-electron chi connectivity index (χ2n) is 7.47. The van der Waals surface area contributed by atoms with Crippen molar-refractivity contribution in [1.82, 2.24) is 19.9 Å². The van der Waals surface area contributed by atoms with E-state index in [2.05, 4.69) is 50.0 Å². The summed E-state index contributed by atoms with van der Waals surface area (Å²) in [7, 11) is 0. The minimum Gasteiger partial charge on any atom is -0.459 e. The van der Waals surface area contributed by atoms with Crippen LogP contribution in [-0.4, -0.2) is 46.2 Å². The zero-order chi connectivity index (χ0) is 23.0. The van der Waals surface area contributed by atoms with Gasteiger partial charge in [0.05, 0.1) is 46.7 Å². The maximum Gasteiger partial charge on any atom is 0.316 e. The molecule has 0 amide bonds. The summed E-state index contributed by atoms with van der Waals surface area (Å²) in [4.78, 5) is 20.0. The molecule has 33 heavy (non-hydrogen) atoms. The first-order valence-electron chi connectivity index (χ1n) is 11.0. The van der Waals surface area contributed by atoms with E-state index < -0.39 is 5.92 Å². The fraction of sp³-hybridized carbons (Fsp3) is 0.375. The first kappa shape index (κ1) is 22.8. The Kier molecular flexibility index (Phi) is 7.60. The van der Waals surface area contributed by atoms with E-state index in [0.29, 0.717) is 5.69 Å². The molecule has 1 saturated heterocycles. The van der Waals surface area contributed by atoms with Crippen LogP contribution in [0.1, 0.15) is 42.5 Å². The molecule has 0 aromatic carbocycles. The highest BCUT2D eigenvalue weighted by Crippen LogP contribution is 2.23. The normalized spacial score (nSPS) is 16.0. The molecule has 4 heterocycles. The summed E-state index contributed by atoms with van der Waals surface area (Å²) in [5.74, 6) is -0.579. The van der Waals surface area contributed by atoms with E-state index in [0.717, 1.165) is 58.9 Å². The fourth-order valence-corrected chi connectivity index (χ4v) is 4.57. The van der Waals surface area contributed by atoms with Crippen LogP contribution in [0.3, 0.4) is 0 Å². The standard InChI is InChI=1S/C24H26N6O2S/c1-3-5-21-22(4-2)33-23(28-21)19(13-25)20-6-7-27-24(29-20)32-16-17-12-18(15-26-14-17)30-8-10-31-11-9-30/h4-7,12,14-15,19H,3,8-11,16H2,1-2H3. The number of ether oxygens (including phenoxy) is 2. The Morgan fingerprint density at radius 3 is 2.91 bits per heavy atom. The van der Waals surface area contributed by atoms with E-state index in [-0.39, 0.29) is 12.6 Å². The number of hydrogen-bond acceptors (Lipinski definition) is 9. The molecule has 0 aliphatic carbocycles. The number of hydrogen-bond donors (Lipinski definition) is 0. The van der Waals surface area contributed by atoms with Crippen molar-refractivity contribution < 1.29 is 9.47 Å². The van der Waals surface area contributed by atoms with Crippen LogP contribution in [0.2, 0.25) is 0 Å². The molecule has 4 rings (SSSR count). The summed E-state index contributed by atoms with van der Waals surface area (Å²) in [6.45, 7) is 7.46. The van der Waals surface area contributed by atoms with Gasteiger partial charge < -0.3 is 14.4 Å². The monoisotopic (exact) mass is 462 g/mol. The van der Waals surface area contributed by atoms with Gasteiger partial charge in [-0.3, -0.25) is 4.98 Å². The fourth-order valence-electron chi connectivity index (χ4n) is 3.56. The molecule has 1 aliphatic heterocycles. The van der Waals surface area contributed by atoms with Crippen LogP contribution >= 0.6 is 11.3 Å². The van der Waals surface area contributed by atoms with E-state index in [4.69, 9.17) is 9.47 Å².